The summed E-state index contributed by atoms with van der Waals surface area (Å²) in [5, 5.41) is 0. The standard InChI is InChI=1S/C14H21NO/c1-16-14-9-5-4-8-12(14)10-13(15)11-6-2-3-7-11/h4-5,8-9,11,13H,2-3,6-7,10,15H2,1H3. The largest absolute Gasteiger partial charge is 0.496 e. The van der Waals surface area contributed by atoms with Gasteiger partial charge in [-0.3, -0.25) is 0 Å². The smallest absolute Gasteiger partial charge is 0.122 e. The molecule has 0 spiro atoms. The Balaban J connectivity index is 2.01. The molecule has 1 aromatic carbocycles. The van der Waals surface area contributed by atoms with Gasteiger partial charge in [-0.15, -0.1) is 0 Å². The molecule has 1 aliphatic carbocycles. The highest BCUT2D eigenvalue weighted by molar-refractivity contribution is 5.33. The van der Waals surface area contributed by atoms with Crippen LogP contribution in [-0.2, 0) is 6.42 Å². The molecule has 0 radical (unpaired) electrons. The molecule has 2 rings (SSSR count). The Morgan fingerprint density at radius 2 is 2.00 bits per heavy atom. The monoisotopic (exact) mass is 219 g/mol. The molecule has 2 nitrogen and oxygen atoms in total. The van der Waals surface area contributed by atoms with Crippen molar-refractivity contribution in [3.05, 3.63) is 29.8 Å². The van der Waals surface area contributed by atoms with E-state index in [0.29, 0.717) is 12.0 Å². The van der Waals surface area contributed by atoms with Crippen molar-refractivity contribution < 1.29 is 4.74 Å². The van der Waals surface area contributed by atoms with Crippen LogP contribution in [0.1, 0.15) is 31.2 Å². The molecule has 1 aromatic rings. The van der Waals surface area contributed by atoms with E-state index in [2.05, 4.69) is 12.1 Å². The topological polar surface area (TPSA) is 35.2 Å². The van der Waals surface area contributed by atoms with Gasteiger partial charge >= 0.3 is 0 Å². The van der Waals surface area contributed by atoms with Crippen molar-refractivity contribution in [2.75, 3.05) is 7.11 Å². The van der Waals surface area contributed by atoms with E-state index in [9.17, 15) is 0 Å². The zero-order valence-corrected chi connectivity index (χ0v) is 9.99. The van der Waals surface area contributed by atoms with Crippen molar-refractivity contribution >= 4 is 0 Å². The molecule has 88 valence electrons. The Morgan fingerprint density at radius 3 is 2.69 bits per heavy atom. The van der Waals surface area contributed by atoms with Crippen molar-refractivity contribution in [1.29, 1.82) is 0 Å². The number of nitrogens with two attached hydrogens (primary N) is 1. The Morgan fingerprint density at radius 1 is 1.31 bits per heavy atom. The Kier molecular flexibility index (Phi) is 3.83. The maximum absolute atomic E-state index is 6.28. The fourth-order valence-electron chi connectivity index (χ4n) is 2.68. The third kappa shape index (κ3) is 2.56. The lowest BCUT2D eigenvalue weighted by atomic mass is 9.93. The van der Waals surface area contributed by atoms with Gasteiger partial charge in [-0.1, -0.05) is 31.0 Å². The summed E-state index contributed by atoms with van der Waals surface area (Å²) < 4.78 is 5.35. The van der Waals surface area contributed by atoms with Gasteiger partial charge in [0.2, 0.25) is 0 Å². The summed E-state index contributed by atoms with van der Waals surface area (Å²) in [6.45, 7) is 0. The van der Waals surface area contributed by atoms with E-state index in [1.807, 2.05) is 12.1 Å². The predicted molar refractivity (Wildman–Crippen MR) is 66.6 cm³/mol. The van der Waals surface area contributed by atoms with Crippen LogP contribution in [0.4, 0.5) is 0 Å². The second kappa shape index (κ2) is 5.35. The van der Waals surface area contributed by atoms with Crippen LogP contribution in [0.2, 0.25) is 0 Å². The minimum atomic E-state index is 0.291. The Labute approximate surface area is 97.8 Å². The molecule has 2 heteroatoms. The SMILES string of the molecule is COc1ccccc1CC(N)C1CCCC1. The van der Waals surface area contributed by atoms with Crippen LogP contribution in [0.5, 0.6) is 5.75 Å². The average molecular weight is 219 g/mol. The quantitative estimate of drug-likeness (QED) is 0.845. The lowest BCUT2D eigenvalue weighted by molar-refractivity contribution is 0.394. The van der Waals surface area contributed by atoms with Crippen molar-refractivity contribution in [3.8, 4) is 5.75 Å². The lowest BCUT2D eigenvalue weighted by Crippen LogP contribution is -2.30. The fourth-order valence-corrected chi connectivity index (χ4v) is 2.68. The number of hydrogen-bond donors (Lipinski definition) is 1. The van der Waals surface area contributed by atoms with Crippen molar-refractivity contribution in [2.24, 2.45) is 11.7 Å². The molecular formula is C14H21NO. The molecule has 2 N–H and O–H groups in total. The van der Waals surface area contributed by atoms with Gasteiger partial charge < -0.3 is 10.5 Å². The van der Waals surface area contributed by atoms with Gasteiger partial charge in [-0.25, -0.2) is 0 Å². The molecular weight excluding hydrogens is 198 g/mol. The first-order valence-electron chi connectivity index (χ1n) is 6.18. The maximum atomic E-state index is 6.28. The second-order valence-electron chi connectivity index (χ2n) is 4.72. The molecule has 1 aliphatic rings. The number of benzene rings is 1. The number of hydrogen-bond acceptors (Lipinski definition) is 2. The van der Waals surface area contributed by atoms with E-state index in [1.165, 1.54) is 31.2 Å². The Bertz CT molecular complexity index is 331. The van der Waals surface area contributed by atoms with Gasteiger partial charge in [0, 0.05) is 6.04 Å². The summed E-state index contributed by atoms with van der Waals surface area (Å²) in [5.74, 6) is 1.68. The van der Waals surface area contributed by atoms with E-state index in [1.54, 1.807) is 7.11 Å². The first kappa shape index (κ1) is 11.5. The summed E-state index contributed by atoms with van der Waals surface area (Å²) in [4.78, 5) is 0. The highest BCUT2D eigenvalue weighted by Crippen LogP contribution is 2.29. The summed E-state index contributed by atoms with van der Waals surface area (Å²) in [5.41, 5.74) is 7.52. The van der Waals surface area contributed by atoms with Crippen molar-refractivity contribution in [1.82, 2.24) is 0 Å². The van der Waals surface area contributed by atoms with Crippen LogP contribution >= 0.6 is 0 Å². The molecule has 16 heavy (non-hydrogen) atoms. The van der Waals surface area contributed by atoms with Crippen LogP contribution in [0.25, 0.3) is 0 Å². The van der Waals surface area contributed by atoms with Crippen LogP contribution in [0, 0.1) is 5.92 Å². The molecule has 0 heterocycles. The Hall–Kier alpha value is -1.02. The molecule has 0 saturated heterocycles. The van der Waals surface area contributed by atoms with Crippen LogP contribution in [-0.4, -0.2) is 13.2 Å². The molecule has 1 unspecified atom stereocenters. The van der Waals surface area contributed by atoms with Crippen molar-refractivity contribution in [2.45, 2.75) is 38.1 Å². The van der Waals surface area contributed by atoms with Gasteiger partial charge in [0.25, 0.3) is 0 Å². The highest BCUT2D eigenvalue weighted by Gasteiger charge is 2.22. The number of methoxy groups -OCH3 is 1. The molecule has 0 amide bonds. The van der Waals surface area contributed by atoms with Gasteiger partial charge in [0.05, 0.1) is 7.11 Å². The van der Waals surface area contributed by atoms with Crippen LogP contribution in [0.15, 0.2) is 24.3 Å². The van der Waals surface area contributed by atoms with E-state index in [0.717, 1.165) is 12.2 Å². The highest BCUT2D eigenvalue weighted by atomic mass is 16.5. The molecule has 0 aliphatic heterocycles. The van der Waals surface area contributed by atoms with Crippen molar-refractivity contribution in [3.63, 3.8) is 0 Å². The molecule has 1 atom stereocenters. The summed E-state index contributed by atoms with van der Waals surface area (Å²) in [6, 6.07) is 8.48. The number of rotatable bonds is 4. The summed E-state index contributed by atoms with van der Waals surface area (Å²) >= 11 is 0. The number of para-hydroxylation sites is 1. The first-order chi connectivity index (χ1) is 7.81. The predicted octanol–water partition coefficient (Wildman–Crippen LogP) is 2.76. The third-order valence-electron chi connectivity index (χ3n) is 3.65. The van der Waals surface area contributed by atoms with Gasteiger partial charge in [0.15, 0.2) is 0 Å². The van der Waals surface area contributed by atoms with E-state index in [4.69, 9.17) is 10.5 Å². The average Bonchev–Trinajstić information content (AvgIpc) is 2.83. The van der Waals surface area contributed by atoms with Crippen LogP contribution < -0.4 is 10.5 Å². The number of ether oxygens (including phenoxy) is 1. The lowest BCUT2D eigenvalue weighted by Gasteiger charge is -2.19. The minimum absolute atomic E-state index is 0.291. The molecule has 0 bridgehead atoms. The first-order valence-corrected chi connectivity index (χ1v) is 6.18. The van der Waals surface area contributed by atoms with E-state index >= 15 is 0 Å². The summed E-state index contributed by atoms with van der Waals surface area (Å²) in [6.07, 6.45) is 6.25. The zero-order valence-electron chi connectivity index (χ0n) is 9.99. The molecule has 0 aromatic heterocycles. The maximum Gasteiger partial charge on any atom is 0.122 e. The second-order valence-corrected chi connectivity index (χ2v) is 4.72. The summed E-state index contributed by atoms with van der Waals surface area (Å²) in [7, 11) is 1.72. The van der Waals surface area contributed by atoms with E-state index in [-0.39, 0.29) is 0 Å². The molecule has 1 fully saturated rings. The van der Waals surface area contributed by atoms with Gasteiger partial charge in [-0.05, 0) is 36.8 Å². The molecule has 1 saturated carbocycles. The fraction of sp³-hybridized carbons (Fsp3) is 0.571. The minimum Gasteiger partial charge on any atom is -0.496 e. The third-order valence-corrected chi connectivity index (χ3v) is 3.65. The van der Waals surface area contributed by atoms with Gasteiger partial charge in [-0.2, -0.15) is 0 Å². The normalized spacial score (nSPS) is 18.6. The van der Waals surface area contributed by atoms with Crippen LogP contribution in [0.3, 0.4) is 0 Å². The van der Waals surface area contributed by atoms with Gasteiger partial charge in [0.1, 0.15) is 5.75 Å². The zero-order chi connectivity index (χ0) is 11.4. The van der Waals surface area contributed by atoms with E-state index < -0.39 is 0 Å².